The molecule has 0 aromatic carbocycles. The van der Waals surface area contributed by atoms with Crippen molar-refractivity contribution in [2.24, 2.45) is 0 Å². The quantitative estimate of drug-likeness (QED) is 0.391. The molecule has 1 N–H and O–H groups in total. The lowest BCUT2D eigenvalue weighted by Gasteiger charge is -2.20. The van der Waals surface area contributed by atoms with Gasteiger partial charge in [-0.05, 0) is 27.2 Å². The molecule has 0 aliphatic heterocycles. The number of ether oxygens (including phenoxy) is 2. The average Bonchev–Trinajstić information content (AvgIpc) is 2.45. The van der Waals surface area contributed by atoms with E-state index in [9.17, 15) is 14.4 Å². The summed E-state index contributed by atoms with van der Waals surface area (Å²) in [7, 11) is 0. The third-order valence-corrected chi connectivity index (χ3v) is 2.46. The molecule has 0 radical (unpaired) electrons. The summed E-state index contributed by atoms with van der Waals surface area (Å²) in [5.74, 6) is -1.19. The third-order valence-electron chi connectivity index (χ3n) is 2.46. The van der Waals surface area contributed by atoms with Gasteiger partial charge >= 0.3 is 18.0 Å². The van der Waals surface area contributed by atoms with Crippen molar-refractivity contribution in [1.29, 1.82) is 0 Å². The van der Waals surface area contributed by atoms with Gasteiger partial charge in [0.1, 0.15) is 0 Å². The van der Waals surface area contributed by atoms with E-state index >= 15 is 0 Å². The summed E-state index contributed by atoms with van der Waals surface area (Å²) in [5.41, 5.74) is 0. The van der Waals surface area contributed by atoms with Gasteiger partial charge in [-0.3, -0.25) is 0 Å². The molecule has 0 aromatic rings. The molecule has 0 unspecified atom stereocenters. The summed E-state index contributed by atoms with van der Waals surface area (Å²) >= 11 is 0. The molecule has 0 aromatic heterocycles. The van der Waals surface area contributed by atoms with Crippen LogP contribution in [0.3, 0.4) is 0 Å². The molecule has 0 aliphatic carbocycles. The molecule has 21 heavy (non-hydrogen) atoms. The number of hydrogen-bond acceptors (Lipinski definition) is 5. The van der Waals surface area contributed by atoms with Crippen molar-refractivity contribution in [3.8, 4) is 0 Å². The van der Waals surface area contributed by atoms with Crippen LogP contribution in [0.25, 0.3) is 0 Å². The molecule has 0 saturated heterocycles. The third kappa shape index (κ3) is 9.48. The first kappa shape index (κ1) is 18.9. The Hall–Kier alpha value is -2.05. The molecule has 0 fully saturated rings. The van der Waals surface area contributed by atoms with Crippen molar-refractivity contribution in [2.45, 2.75) is 27.2 Å². The lowest BCUT2D eigenvalue weighted by molar-refractivity contribution is -0.140. The number of hydrogen-bond donors (Lipinski definition) is 1. The topological polar surface area (TPSA) is 84.9 Å². The molecule has 0 saturated carbocycles. The van der Waals surface area contributed by atoms with Crippen LogP contribution in [0, 0.1) is 0 Å². The van der Waals surface area contributed by atoms with Crippen molar-refractivity contribution < 1.29 is 23.9 Å². The summed E-state index contributed by atoms with van der Waals surface area (Å²) in [5, 5.41) is 2.71. The van der Waals surface area contributed by atoms with Gasteiger partial charge in [0.25, 0.3) is 0 Å². The van der Waals surface area contributed by atoms with Crippen LogP contribution < -0.4 is 5.32 Å². The van der Waals surface area contributed by atoms with Crippen LogP contribution >= 0.6 is 0 Å². The van der Waals surface area contributed by atoms with Crippen molar-refractivity contribution in [3.05, 3.63) is 12.2 Å². The molecular formula is C14H24N2O5. The first-order valence-electron chi connectivity index (χ1n) is 7.09. The van der Waals surface area contributed by atoms with E-state index < -0.39 is 11.9 Å². The van der Waals surface area contributed by atoms with E-state index in [1.807, 2.05) is 13.8 Å². The second-order valence-corrected chi connectivity index (χ2v) is 4.02. The van der Waals surface area contributed by atoms with E-state index in [4.69, 9.17) is 4.74 Å². The molecule has 2 amide bonds. The normalized spacial score (nSPS) is 10.2. The van der Waals surface area contributed by atoms with Gasteiger partial charge < -0.3 is 19.7 Å². The minimum absolute atomic E-state index is 0.131. The predicted molar refractivity (Wildman–Crippen MR) is 77.7 cm³/mol. The number of rotatable bonds is 9. The molecule has 0 bridgehead atoms. The highest BCUT2D eigenvalue weighted by Gasteiger charge is 2.09. The molecule has 0 atom stereocenters. The van der Waals surface area contributed by atoms with E-state index in [1.54, 1.807) is 11.8 Å². The molecule has 7 nitrogen and oxygen atoms in total. The van der Waals surface area contributed by atoms with Gasteiger partial charge in [0.15, 0.2) is 0 Å². The summed E-state index contributed by atoms with van der Waals surface area (Å²) in [6.07, 6.45) is 2.59. The maximum Gasteiger partial charge on any atom is 0.331 e. The molecule has 0 rings (SSSR count). The Balaban J connectivity index is 3.90. The highest BCUT2D eigenvalue weighted by Crippen LogP contribution is 1.94. The SMILES string of the molecule is CCNC(=O)N(CC)CCCOC(=O)/C=C/C(=O)OCC. The van der Waals surface area contributed by atoms with E-state index in [2.05, 4.69) is 10.1 Å². The number of nitrogens with one attached hydrogen (secondary N) is 1. The lowest BCUT2D eigenvalue weighted by Crippen LogP contribution is -2.40. The Labute approximate surface area is 125 Å². The summed E-state index contributed by atoms with van der Waals surface area (Å²) in [6, 6.07) is -0.131. The van der Waals surface area contributed by atoms with Crippen molar-refractivity contribution in [1.82, 2.24) is 10.2 Å². The van der Waals surface area contributed by atoms with Gasteiger partial charge in [0.05, 0.1) is 13.2 Å². The zero-order chi connectivity index (χ0) is 16.1. The van der Waals surface area contributed by atoms with Crippen LogP contribution in [-0.2, 0) is 19.1 Å². The first-order valence-corrected chi connectivity index (χ1v) is 7.09. The van der Waals surface area contributed by atoms with Crippen LogP contribution in [0.1, 0.15) is 27.2 Å². The zero-order valence-corrected chi connectivity index (χ0v) is 12.9. The van der Waals surface area contributed by atoms with Gasteiger partial charge in [-0.2, -0.15) is 0 Å². The fourth-order valence-electron chi connectivity index (χ4n) is 1.47. The van der Waals surface area contributed by atoms with Gasteiger partial charge in [-0.15, -0.1) is 0 Å². The van der Waals surface area contributed by atoms with Crippen LogP contribution in [0.4, 0.5) is 4.79 Å². The van der Waals surface area contributed by atoms with Gasteiger partial charge in [0.2, 0.25) is 0 Å². The first-order chi connectivity index (χ1) is 10.0. The van der Waals surface area contributed by atoms with Crippen molar-refractivity contribution in [3.63, 3.8) is 0 Å². The van der Waals surface area contributed by atoms with E-state index in [0.717, 1.165) is 12.2 Å². The molecule has 0 spiro atoms. The predicted octanol–water partition coefficient (Wildman–Crippen LogP) is 1.09. The highest BCUT2D eigenvalue weighted by molar-refractivity contribution is 5.91. The van der Waals surface area contributed by atoms with Crippen LogP contribution in [-0.4, -0.2) is 55.7 Å². The molecular weight excluding hydrogens is 276 g/mol. The Bertz CT molecular complexity index is 368. The van der Waals surface area contributed by atoms with Gasteiger partial charge in [-0.1, -0.05) is 0 Å². The Morgan fingerprint density at radius 3 is 2.19 bits per heavy atom. The van der Waals surface area contributed by atoms with Crippen molar-refractivity contribution in [2.75, 3.05) is 32.8 Å². The molecule has 7 heteroatoms. The number of amides is 2. The zero-order valence-electron chi connectivity index (χ0n) is 12.9. The second kappa shape index (κ2) is 11.7. The number of esters is 2. The number of carbonyl (C=O) groups is 3. The Morgan fingerprint density at radius 1 is 1.05 bits per heavy atom. The largest absolute Gasteiger partial charge is 0.463 e. The minimum Gasteiger partial charge on any atom is -0.463 e. The summed E-state index contributed by atoms with van der Waals surface area (Å²) < 4.78 is 9.54. The number of urea groups is 1. The highest BCUT2D eigenvalue weighted by atomic mass is 16.5. The van der Waals surface area contributed by atoms with E-state index in [0.29, 0.717) is 26.1 Å². The van der Waals surface area contributed by atoms with Gasteiger partial charge in [-0.25, -0.2) is 14.4 Å². The Kier molecular flexibility index (Phi) is 10.6. The van der Waals surface area contributed by atoms with Crippen LogP contribution in [0.5, 0.6) is 0 Å². The molecule has 120 valence electrons. The monoisotopic (exact) mass is 300 g/mol. The lowest BCUT2D eigenvalue weighted by atomic mass is 10.4. The summed E-state index contributed by atoms with van der Waals surface area (Å²) in [4.78, 5) is 35.5. The number of carbonyl (C=O) groups excluding carboxylic acids is 3. The minimum atomic E-state index is -0.607. The fourth-order valence-corrected chi connectivity index (χ4v) is 1.47. The summed E-state index contributed by atoms with van der Waals surface area (Å²) in [6.45, 7) is 7.50. The fraction of sp³-hybridized carbons (Fsp3) is 0.643. The average molecular weight is 300 g/mol. The smallest absolute Gasteiger partial charge is 0.331 e. The van der Waals surface area contributed by atoms with E-state index in [-0.39, 0.29) is 19.2 Å². The molecule has 0 aliphatic rings. The standard InChI is InChI=1S/C14H24N2O5/c1-4-15-14(19)16(5-2)10-7-11-21-13(18)9-8-12(17)20-6-3/h8-9H,4-7,10-11H2,1-3H3,(H,15,19)/b9-8+. The second-order valence-electron chi connectivity index (χ2n) is 4.02. The van der Waals surface area contributed by atoms with Crippen LogP contribution in [0.15, 0.2) is 12.2 Å². The Morgan fingerprint density at radius 2 is 1.67 bits per heavy atom. The van der Waals surface area contributed by atoms with Gasteiger partial charge in [0, 0.05) is 31.8 Å². The number of nitrogens with zero attached hydrogens (tertiary/aromatic N) is 1. The van der Waals surface area contributed by atoms with E-state index in [1.165, 1.54) is 0 Å². The molecule has 0 heterocycles. The van der Waals surface area contributed by atoms with Crippen molar-refractivity contribution >= 4 is 18.0 Å². The maximum absolute atomic E-state index is 11.6. The maximum atomic E-state index is 11.6. The van der Waals surface area contributed by atoms with Crippen LogP contribution in [0.2, 0.25) is 0 Å².